The molecule has 6 nitrogen and oxygen atoms in total. The molecule has 17 heavy (non-hydrogen) atoms. The van der Waals surface area contributed by atoms with Crippen LogP contribution in [0, 0.1) is 0 Å². The van der Waals surface area contributed by atoms with Crippen LogP contribution in [0.5, 0.6) is 0 Å². The van der Waals surface area contributed by atoms with E-state index in [9.17, 15) is 9.59 Å². The van der Waals surface area contributed by atoms with Crippen LogP contribution >= 0.6 is 0 Å². The number of nitrogens with one attached hydrogen (secondary N) is 1. The number of rotatable bonds is 6. The van der Waals surface area contributed by atoms with Crippen LogP contribution in [0.1, 0.15) is 26.7 Å². The maximum absolute atomic E-state index is 12.0. The van der Waals surface area contributed by atoms with Crippen molar-refractivity contribution in [3.63, 3.8) is 0 Å². The lowest BCUT2D eigenvalue weighted by Crippen LogP contribution is -2.41. The van der Waals surface area contributed by atoms with E-state index >= 15 is 0 Å². The normalized spacial score (nSPS) is 15.2. The minimum absolute atomic E-state index is 0.118. The van der Waals surface area contributed by atoms with Gasteiger partial charge in [-0.2, -0.15) is 5.10 Å². The number of carbonyl (C=O) groups excluding carboxylic acids is 2. The highest BCUT2D eigenvalue weighted by atomic mass is 16.5. The SMILES string of the molecule is CCOCCN(CC)C(=O)C1=NNC(=O)CC1. The summed E-state index contributed by atoms with van der Waals surface area (Å²) in [6.07, 6.45) is 0.739. The fraction of sp³-hybridized carbons (Fsp3) is 0.727. The van der Waals surface area contributed by atoms with E-state index in [1.165, 1.54) is 0 Å². The molecule has 0 aliphatic carbocycles. The van der Waals surface area contributed by atoms with E-state index in [1.807, 2.05) is 13.8 Å². The smallest absolute Gasteiger partial charge is 0.270 e. The zero-order chi connectivity index (χ0) is 12.7. The molecular weight excluding hydrogens is 222 g/mol. The van der Waals surface area contributed by atoms with Crippen LogP contribution in [0.15, 0.2) is 5.10 Å². The summed E-state index contributed by atoms with van der Waals surface area (Å²) in [5.41, 5.74) is 2.75. The van der Waals surface area contributed by atoms with Gasteiger partial charge in [-0.25, -0.2) is 5.43 Å². The van der Waals surface area contributed by atoms with E-state index in [1.54, 1.807) is 4.90 Å². The lowest BCUT2D eigenvalue weighted by Gasteiger charge is -2.22. The molecular formula is C11H19N3O3. The van der Waals surface area contributed by atoms with Crippen molar-refractivity contribution < 1.29 is 14.3 Å². The van der Waals surface area contributed by atoms with Gasteiger partial charge < -0.3 is 9.64 Å². The zero-order valence-corrected chi connectivity index (χ0v) is 10.4. The molecule has 0 saturated heterocycles. The predicted molar refractivity (Wildman–Crippen MR) is 63.6 cm³/mol. The van der Waals surface area contributed by atoms with Crippen LogP contribution in [-0.2, 0) is 14.3 Å². The number of amides is 2. The van der Waals surface area contributed by atoms with E-state index in [-0.39, 0.29) is 11.8 Å². The van der Waals surface area contributed by atoms with E-state index < -0.39 is 0 Å². The minimum Gasteiger partial charge on any atom is -0.380 e. The summed E-state index contributed by atoms with van der Waals surface area (Å²) in [7, 11) is 0. The van der Waals surface area contributed by atoms with Crippen molar-refractivity contribution in [2.45, 2.75) is 26.7 Å². The Morgan fingerprint density at radius 2 is 2.24 bits per heavy atom. The van der Waals surface area contributed by atoms with E-state index in [4.69, 9.17) is 4.74 Å². The van der Waals surface area contributed by atoms with Gasteiger partial charge in [0.05, 0.1) is 6.61 Å². The number of hydrazone groups is 1. The quantitative estimate of drug-likeness (QED) is 0.672. The fourth-order valence-corrected chi connectivity index (χ4v) is 1.53. The Labute approximate surface area is 101 Å². The molecule has 0 atom stereocenters. The minimum atomic E-state index is -0.140. The molecule has 0 bridgehead atoms. The standard InChI is InChI=1S/C11H19N3O3/c1-3-14(7-8-17-4-2)11(16)9-5-6-10(15)13-12-9/h3-8H2,1-2H3,(H,13,15). The van der Waals surface area contributed by atoms with E-state index in [0.717, 1.165) is 0 Å². The maximum Gasteiger partial charge on any atom is 0.270 e. The van der Waals surface area contributed by atoms with Crippen LogP contribution < -0.4 is 5.43 Å². The lowest BCUT2D eigenvalue weighted by atomic mass is 10.1. The molecule has 1 N–H and O–H groups in total. The molecule has 1 rings (SSSR count). The highest BCUT2D eigenvalue weighted by molar-refractivity contribution is 6.39. The summed E-state index contributed by atoms with van der Waals surface area (Å²) in [6.45, 7) is 6.15. The van der Waals surface area contributed by atoms with Gasteiger partial charge in [-0.05, 0) is 13.8 Å². The molecule has 1 heterocycles. The average molecular weight is 241 g/mol. The van der Waals surface area contributed by atoms with Crippen LogP contribution in [0.2, 0.25) is 0 Å². The molecule has 0 aromatic heterocycles. The molecule has 0 unspecified atom stereocenters. The van der Waals surface area contributed by atoms with Crippen molar-refractivity contribution >= 4 is 17.5 Å². The topological polar surface area (TPSA) is 71.0 Å². The third kappa shape index (κ3) is 4.14. The summed E-state index contributed by atoms with van der Waals surface area (Å²) in [4.78, 5) is 24.6. The summed E-state index contributed by atoms with van der Waals surface area (Å²) in [5, 5.41) is 3.79. The van der Waals surface area contributed by atoms with Gasteiger partial charge >= 0.3 is 0 Å². The fourth-order valence-electron chi connectivity index (χ4n) is 1.53. The van der Waals surface area contributed by atoms with Gasteiger partial charge in [0.2, 0.25) is 5.91 Å². The van der Waals surface area contributed by atoms with Crippen molar-refractivity contribution in [2.24, 2.45) is 5.10 Å². The van der Waals surface area contributed by atoms with Crippen molar-refractivity contribution in [3.05, 3.63) is 0 Å². The Hall–Kier alpha value is -1.43. The Morgan fingerprint density at radius 3 is 2.76 bits per heavy atom. The number of hydrogen-bond donors (Lipinski definition) is 1. The van der Waals surface area contributed by atoms with Crippen LogP contribution in [0.25, 0.3) is 0 Å². The summed E-state index contributed by atoms with van der Waals surface area (Å²) in [5.74, 6) is -0.258. The number of likely N-dealkylation sites (N-methyl/N-ethyl adjacent to an activating group) is 1. The van der Waals surface area contributed by atoms with Crippen LogP contribution in [0.4, 0.5) is 0 Å². The first-order valence-electron chi connectivity index (χ1n) is 5.91. The molecule has 0 spiro atoms. The molecule has 0 aromatic carbocycles. The predicted octanol–water partition coefficient (Wildman–Crippen LogP) is 0.137. The second kappa shape index (κ2) is 7.01. The largest absolute Gasteiger partial charge is 0.380 e. The highest BCUT2D eigenvalue weighted by Crippen LogP contribution is 2.03. The van der Waals surface area contributed by atoms with Crippen LogP contribution in [0.3, 0.4) is 0 Å². The molecule has 1 aliphatic rings. The monoisotopic (exact) mass is 241 g/mol. The van der Waals surface area contributed by atoms with E-state index in [0.29, 0.717) is 44.9 Å². The number of ether oxygens (including phenoxy) is 1. The second-order valence-electron chi connectivity index (χ2n) is 3.68. The maximum atomic E-state index is 12.0. The lowest BCUT2D eigenvalue weighted by molar-refractivity contribution is -0.125. The number of nitrogens with zero attached hydrogens (tertiary/aromatic N) is 2. The average Bonchev–Trinajstić information content (AvgIpc) is 2.35. The Bertz CT molecular complexity index is 315. The van der Waals surface area contributed by atoms with Crippen molar-refractivity contribution in [3.8, 4) is 0 Å². The van der Waals surface area contributed by atoms with Crippen molar-refractivity contribution in [2.75, 3.05) is 26.3 Å². The molecule has 0 saturated carbocycles. The van der Waals surface area contributed by atoms with Gasteiger partial charge in [0.25, 0.3) is 5.91 Å². The number of carbonyl (C=O) groups is 2. The van der Waals surface area contributed by atoms with Crippen LogP contribution in [-0.4, -0.2) is 48.7 Å². The van der Waals surface area contributed by atoms with Gasteiger partial charge in [-0.1, -0.05) is 0 Å². The van der Waals surface area contributed by atoms with Gasteiger partial charge in [0.1, 0.15) is 5.71 Å². The highest BCUT2D eigenvalue weighted by Gasteiger charge is 2.22. The summed E-state index contributed by atoms with van der Waals surface area (Å²) in [6, 6.07) is 0. The van der Waals surface area contributed by atoms with Gasteiger partial charge in [0.15, 0.2) is 0 Å². The van der Waals surface area contributed by atoms with E-state index in [2.05, 4.69) is 10.5 Å². The molecule has 6 heteroatoms. The summed E-state index contributed by atoms with van der Waals surface area (Å²) >= 11 is 0. The number of hydrogen-bond acceptors (Lipinski definition) is 4. The van der Waals surface area contributed by atoms with Crippen molar-refractivity contribution in [1.82, 2.24) is 10.3 Å². The van der Waals surface area contributed by atoms with Gasteiger partial charge in [-0.15, -0.1) is 0 Å². The molecule has 1 aliphatic heterocycles. The first-order valence-corrected chi connectivity index (χ1v) is 5.91. The first-order chi connectivity index (χ1) is 8.19. The Kier molecular flexibility index (Phi) is 5.62. The molecule has 2 amide bonds. The third-order valence-corrected chi connectivity index (χ3v) is 2.53. The molecule has 0 radical (unpaired) electrons. The van der Waals surface area contributed by atoms with Crippen molar-refractivity contribution in [1.29, 1.82) is 0 Å². The third-order valence-electron chi connectivity index (χ3n) is 2.53. The first kappa shape index (κ1) is 13.6. The zero-order valence-electron chi connectivity index (χ0n) is 10.4. The molecule has 96 valence electrons. The van der Waals surface area contributed by atoms with Gasteiger partial charge in [0, 0.05) is 32.5 Å². The second-order valence-corrected chi connectivity index (χ2v) is 3.68. The summed E-state index contributed by atoms with van der Waals surface area (Å²) < 4.78 is 5.22. The Morgan fingerprint density at radius 1 is 1.47 bits per heavy atom. The molecule has 0 aromatic rings. The Balaban J connectivity index is 2.50. The molecule has 0 fully saturated rings. The van der Waals surface area contributed by atoms with Gasteiger partial charge in [-0.3, -0.25) is 9.59 Å².